The second kappa shape index (κ2) is 9.21. The summed E-state index contributed by atoms with van der Waals surface area (Å²) < 4.78 is 29.4. The molecule has 1 aromatic heterocycles. The number of halogens is 2. The van der Waals surface area contributed by atoms with Gasteiger partial charge < -0.3 is 20.4 Å². The standard InChI is InChI=1S/C21H23F2N3O2/c1-14-17(18-7-2-3-8-19(18)26-14)9-10-24-21(27)25-12-15-5-4-6-16(11-15)28-13-20(22)23/h2-8,11,20,26H,9-10,12-13H2,1H3,(H2,24,25,27). The Labute approximate surface area is 162 Å². The Kier molecular flexibility index (Phi) is 6.47. The van der Waals surface area contributed by atoms with Crippen molar-refractivity contribution in [1.82, 2.24) is 15.6 Å². The second-order valence-corrected chi connectivity index (χ2v) is 6.48. The Hall–Kier alpha value is -3.09. The minimum absolute atomic E-state index is 0.281. The highest BCUT2D eigenvalue weighted by Crippen LogP contribution is 2.21. The van der Waals surface area contributed by atoms with E-state index in [4.69, 9.17) is 4.74 Å². The summed E-state index contributed by atoms with van der Waals surface area (Å²) in [6.45, 7) is 2.17. The van der Waals surface area contributed by atoms with Crippen LogP contribution in [0, 0.1) is 6.92 Å². The smallest absolute Gasteiger partial charge is 0.315 e. The lowest BCUT2D eigenvalue weighted by Gasteiger charge is -2.10. The number of benzene rings is 2. The highest BCUT2D eigenvalue weighted by atomic mass is 19.3. The van der Waals surface area contributed by atoms with Gasteiger partial charge in [-0.3, -0.25) is 0 Å². The third-order valence-electron chi connectivity index (χ3n) is 4.42. The summed E-state index contributed by atoms with van der Waals surface area (Å²) in [4.78, 5) is 15.4. The fourth-order valence-corrected chi connectivity index (χ4v) is 3.11. The maximum absolute atomic E-state index is 12.2. The predicted octanol–water partition coefficient (Wildman–Crippen LogP) is 4.16. The molecule has 0 radical (unpaired) electrons. The maximum Gasteiger partial charge on any atom is 0.315 e. The minimum atomic E-state index is -2.52. The zero-order chi connectivity index (χ0) is 19.9. The van der Waals surface area contributed by atoms with Crippen molar-refractivity contribution < 1.29 is 18.3 Å². The van der Waals surface area contributed by atoms with Crippen molar-refractivity contribution in [3.63, 3.8) is 0 Å². The van der Waals surface area contributed by atoms with Gasteiger partial charge in [0.25, 0.3) is 6.43 Å². The van der Waals surface area contributed by atoms with E-state index in [0.29, 0.717) is 12.3 Å². The van der Waals surface area contributed by atoms with E-state index in [1.165, 1.54) is 10.9 Å². The number of rotatable bonds is 8. The van der Waals surface area contributed by atoms with Gasteiger partial charge in [-0.15, -0.1) is 0 Å². The Morgan fingerprint density at radius 3 is 2.79 bits per heavy atom. The number of para-hydroxylation sites is 1. The van der Waals surface area contributed by atoms with Crippen LogP contribution in [-0.2, 0) is 13.0 Å². The molecule has 0 bridgehead atoms. The lowest BCUT2D eigenvalue weighted by atomic mass is 10.1. The van der Waals surface area contributed by atoms with Gasteiger partial charge in [0, 0.05) is 29.7 Å². The van der Waals surface area contributed by atoms with Gasteiger partial charge >= 0.3 is 6.03 Å². The predicted molar refractivity (Wildman–Crippen MR) is 105 cm³/mol. The summed E-state index contributed by atoms with van der Waals surface area (Å²) in [6, 6.07) is 14.5. The molecule has 5 nitrogen and oxygen atoms in total. The van der Waals surface area contributed by atoms with Crippen molar-refractivity contribution >= 4 is 16.9 Å². The van der Waals surface area contributed by atoms with E-state index in [2.05, 4.69) is 21.7 Å². The van der Waals surface area contributed by atoms with Crippen LogP contribution in [0.4, 0.5) is 13.6 Å². The number of hydrogen-bond donors (Lipinski definition) is 3. The number of H-pyrrole nitrogens is 1. The monoisotopic (exact) mass is 387 g/mol. The topological polar surface area (TPSA) is 66.2 Å². The molecule has 28 heavy (non-hydrogen) atoms. The lowest BCUT2D eigenvalue weighted by molar-refractivity contribution is 0.0818. The SMILES string of the molecule is Cc1[nH]c2ccccc2c1CCNC(=O)NCc1cccc(OCC(F)F)c1. The van der Waals surface area contributed by atoms with Gasteiger partial charge in [-0.1, -0.05) is 30.3 Å². The number of ether oxygens (including phenoxy) is 1. The molecule has 0 aliphatic rings. The molecule has 2 aromatic carbocycles. The second-order valence-electron chi connectivity index (χ2n) is 6.48. The minimum Gasteiger partial charge on any atom is -0.488 e. The van der Waals surface area contributed by atoms with E-state index >= 15 is 0 Å². The fourth-order valence-electron chi connectivity index (χ4n) is 3.11. The highest BCUT2D eigenvalue weighted by molar-refractivity contribution is 5.84. The van der Waals surface area contributed by atoms with Gasteiger partial charge in [-0.2, -0.15) is 0 Å². The zero-order valence-electron chi connectivity index (χ0n) is 15.6. The number of amides is 2. The van der Waals surface area contributed by atoms with Gasteiger partial charge in [0.2, 0.25) is 0 Å². The van der Waals surface area contributed by atoms with Crippen LogP contribution in [0.2, 0.25) is 0 Å². The Balaban J connectivity index is 1.46. The average molecular weight is 387 g/mol. The van der Waals surface area contributed by atoms with Crippen molar-refractivity contribution in [3.8, 4) is 5.75 Å². The van der Waals surface area contributed by atoms with Crippen LogP contribution < -0.4 is 15.4 Å². The van der Waals surface area contributed by atoms with Crippen molar-refractivity contribution in [2.75, 3.05) is 13.2 Å². The molecule has 0 aliphatic heterocycles. The van der Waals surface area contributed by atoms with Crippen LogP contribution >= 0.6 is 0 Å². The highest BCUT2D eigenvalue weighted by Gasteiger charge is 2.09. The van der Waals surface area contributed by atoms with Crippen LogP contribution in [0.15, 0.2) is 48.5 Å². The fraction of sp³-hybridized carbons (Fsp3) is 0.286. The number of urea groups is 1. The van der Waals surface area contributed by atoms with Crippen LogP contribution in [0.25, 0.3) is 10.9 Å². The van der Waals surface area contributed by atoms with E-state index in [1.54, 1.807) is 24.3 Å². The molecule has 0 aliphatic carbocycles. The third kappa shape index (κ3) is 5.22. The van der Waals surface area contributed by atoms with Crippen molar-refractivity contribution in [2.24, 2.45) is 0 Å². The van der Waals surface area contributed by atoms with Crippen LogP contribution in [0.1, 0.15) is 16.8 Å². The van der Waals surface area contributed by atoms with E-state index in [1.807, 2.05) is 25.1 Å². The molecule has 148 valence electrons. The summed E-state index contributed by atoms with van der Waals surface area (Å²) in [6.07, 6.45) is -1.80. The van der Waals surface area contributed by atoms with E-state index in [9.17, 15) is 13.6 Å². The molecule has 0 atom stereocenters. The van der Waals surface area contributed by atoms with E-state index in [0.717, 1.165) is 23.2 Å². The van der Waals surface area contributed by atoms with Crippen LogP contribution in [0.5, 0.6) is 5.75 Å². The molecule has 0 fully saturated rings. The zero-order valence-corrected chi connectivity index (χ0v) is 15.6. The van der Waals surface area contributed by atoms with Gasteiger partial charge in [0.05, 0.1) is 0 Å². The maximum atomic E-state index is 12.2. The first-order chi connectivity index (χ1) is 13.5. The van der Waals surface area contributed by atoms with Gasteiger partial charge in [0.1, 0.15) is 12.4 Å². The Morgan fingerprint density at radius 2 is 1.96 bits per heavy atom. The number of hydrogen-bond acceptors (Lipinski definition) is 2. The number of aryl methyl sites for hydroxylation is 1. The molecule has 0 spiro atoms. The third-order valence-corrected chi connectivity index (χ3v) is 4.42. The summed E-state index contributed by atoms with van der Waals surface area (Å²) >= 11 is 0. The van der Waals surface area contributed by atoms with Gasteiger partial charge in [-0.25, -0.2) is 13.6 Å². The van der Waals surface area contributed by atoms with Crippen molar-refractivity contribution in [2.45, 2.75) is 26.3 Å². The molecule has 0 saturated carbocycles. The summed E-state index contributed by atoms with van der Waals surface area (Å²) in [5.74, 6) is 0.356. The molecular formula is C21H23F2N3O2. The average Bonchev–Trinajstić information content (AvgIpc) is 3.00. The van der Waals surface area contributed by atoms with Crippen LogP contribution in [-0.4, -0.2) is 30.6 Å². The molecule has 1 heterocycles. The molecule has 3 aromatic rings. The Bertz CT molecular complexity index is 940. The molecule has 0 unspecified atom stereocenters. The van der Waals surface area contributed by atoms with Crippen LogP contribution in [0.3, 0.4) is 0 Å². The van der Waals surface area contributed by atoms with E-state index < -0.39 is 13.0 Å². The number of aromatic nitrogens is 1. The number of alkyl halides is 2. The number of carbonyl (C=O) groups is 1. The Morgan fingerprint density at radius 1 is 1.14 bits per heavy atom. The molecule has 7 heteroatoms. The quantitative estimate of drug-likeness (QED) is 0.543. The molecule has 0 saturated heterocycles. The number of aromatic amines is 1. The van der Waals surface area contributed by atoms with Gasteiger partial charge in [0.15, 0.2) is 0 Å². The summed E-state index contributed by atoms with van der Waals surface area (Å²) in [5, 5.41) is 6.77. The summed E-state index contributed by atoms with van der Waals surface area (Å²) in [7, 11) is 0. The van der Waals surface area contributed by atoms with Gasteiger partial charge in [-0.05, 0) is 42.7 Å². The number of carbonyl (C=O) groups excluding carboxylic acids is 1. The van der Waals surface area contributed by atoms with E-state index in [-0.39, 0.29) is 12.6 Å². The first kappa shape index (κ1) is 19.7. The normalized spacial score (nSPS) is 11.0. The van der Waals surface area contributed by atoms with Crippen molar-refractivity contribution in [3.05, 3.63) is 65.4 Å². The molecule has 2 amide bonds. The lowest BCUT2D eigenvalue weighted by Crippen LogP contribution is -2.36. The largest absolute Gasteiger partial charge is 0.488 e. The molecule has 3 N–H and O–H groups in total. The number of nitrogens with one attached hydrogen (secondary N) is 3. The first-order valence-electron chi connectivity index (χ1n) is 9.10. The molecular weight excluding hydrogens is 364 g/mol. The first-order valence-corrected chi connectivity index (χ1v) is 9.10. The number of fused-ring (bicyclic) bond motifs is 1. The summed E-state index contributed by atoms with van der Waals surface area (Å²) in [5.41, 5.74) is 4.16. The van der Waals surface area contributed by atoms with Crippen molar-refractivity contribution in [1.29, 1.82) is 0 Å². The molecule has 3 rings (SSSR count).